The minimum Gasteiger partial charge on any atom is -0.382 e. The highest BCUT2D eigenvalue weighted by Crippen LogP contribution is 2.40. The van der Waals surface area contributed by atoms with Crippen molar-refractivity contribution in [1.82, 2.24) is 14.6 Å². The van der Waals surface area contributed by atoms with E-state index in [1.807, 2.05) is 60.7 Å². The second kappa shape index (κ2) is 10.3. The van der Waals surface area contributed by atoms with Crippen LogP contribution >= 0.6 is 0 Å². The Morgan fingerprint density at radius 1 is 1.00 bits per heavy atom. The lowest BCUT2D eigenvalue weighted by atomic mass is 10.1. The molecular formula is C26H30N4O4. The number of benzene rings is 2. The van der Waals surface area contributed by atoms with Crippen LogP contribution in [0.4, 0.5) is 5.82 Å². The molecule has 3 atom stereocenters. The fraction of sp³-hybridized carbons (Fsp3) is 0.308. The third-order valence-corrected chi connectivity index (χ3v) is 5.82. The Balaban J connectivity index is 0.00000274. The van der Waals surface area contributed by atoms with E-state index in [0.29, 0.717) is 30.2 Å². The average molecular weight is 463 g/mol. The molecule has 0 radical (unpaired) electrons. The standard InChI is InChI=1S/C25H26N4O4.CH4/c26-24-20-11-12-23(29(20)28-17-27-24)25(30)13-21(32-15-19-9-5-2-6-10-19)22(33-25)16-31-14-18-7-3-1-4-8-18;/h1-12,17,21-22,30H,13-16H2,(H2,26,27,28);1H4/t21-,22?,25?;/m0./s1. The van der Waals surface area contributed by atoms with E-state index in [4.69, 9.17) is 19.9 Å². The third-order valence-electron chi connectivity index (χ3n) is 5.82. The maximum Gasteiger partial charge on any atom is 0.212 e. The van der Waals surface area contributed by atoms with E-state index in [0.717, 1.165) is 11.1 Å². The Labute approximate surface area is 198 Å². The van der Waals surface area contributed by atoms with Gasteiger partial charge in [-0.2, -0.15) is 5.10 Å². The van der Waals surface area contributed by atoms with Gasteiger partial charge in [0.05, 0.1) is 25.9 Å². The van der Waals surface area contributed by atoms with Gasteiger partial charge in [0, 0.05) is 6.42 Å². The Hall–Kier alpha value is -3.30. The number of nitrogens with zero attached hydrogens (tertiary/aromatic N) is 3. The number of hydrogen-bond acceptors (Lipinski definition) is 7. The molecule has 2 unspecified atom stereocenters. The van der Waals surface area contributed by atoms with E-state index in [-0.39, 0.29) is 26.6 Å². The summed E-state index contributed by atoms with van der Waals surface area (Å²) in [5.74, 6) is -1.27. The molecule has 1 fully saturated rings. The minimum atomic E-state index is -1.60. The summed E-state index contributed by atoms with van der Waals surface area (Å²) >= 11 is 0. The van der Waals surface area contributed by atoms with Crippen LogP contribution in [0, 0.1) is 0 Å². The highest BCUT2D eigenvalue weighted by molar-refractivity contribution is 5.65. The Morgan fingerprint density at radius 2 is 1.68 bits per heavy atom. The molecule has 0 bridgehead atoms. The van der Waals surface area contributed by atoms with Crippen LogP contribution in [0.2, 0.25) is 0 Å². The van der Waals surface area contributed by atoms with Crippen molar-refractivity contribution < 1.29 is 19.3 Å². The number of aliphatic hydroxyl groups is 1. The van der Waals surface area contributed by atoms with E-state index >= 15 is 0 Å². The predicted octanol–water partition coefficient (Wildman–Crippen LogP) is 3.68. The number of anilines is 1. The van der Waals surface area contributed by atoms with Gasteiger partial charge in [-0.05, 0) is 23.3 Å². The first-order valence-corrected chi connectivity index (χ1v) is 10.9. The van der Waals surface area contributed by atoms with Gasteiger partial charge in [-0.15, -0.1) is 0 Å². The van der Waals surface area contributed by atoms with Gasteiger partial charge in [0.15, 0.2) is 5.82 Å². The van der Waals surface area contributed by atoms with Crippen LogP contribution in [0.1, 0.15) is 30.7 Å². The fourth-order valence-electron chi connectivity index (χ4n) is 4.14. The largest absolute Gasteiger partial charge is 0.382 e. The first-order chi connectivity index (χ1) is 16.1. The van der Waals surface area contributed by atoms with Crippen molar-refractivity contribution in [2.75, 3.05) is 12.3 Å². The number of nitrogens with two attached hydrogens (primary N) is 1. The van der Waals surface area contributed by atoms with Crippen molar-refractivity contribution >= 4 is 11.3 Å². The molecule has 5 rings (SSSR count). The molecule has 178 valence electrons. The van der Waals surface area contributed by atoms with Gasteiger partial charge < -0.3 is 25.1 Å². The molecule has 34 heavy (non-hydrogen) atoms. The van der Waals surface area contributed by atoms with Gasteiger partial charge in [0.25, 0.3) is 0 Å². The zero-order valence-electron chi connectivity index (χ0n) is 18.1. The molecule has 8 nitrogen and oxygen atoms in total. The normalized spacial score (nSPS) is 22.0. The summed E-state index contributed by atoms with van der Waals surface area (Å²) < 4.78 is 19.9. The molecule has 0 aliphatic carbocycles. The van der Waals surface area contributed by atoms with Crippen LogP contribution in [0.5, 0.6) is 0 Å². The van der Waals surface area contributed by atoms with Crippen molar-refractivity contribution in [1.29, 1.82) is 0 Å². The van der Waals surface area contributed by atoms with Crippen molar-refractivity contribution in [2.24, 2.45) is 0 Å². The van der Waals surface area contributed by atoms with Gasteiger partial charge in [-0.3, -0.25) is 0 Å². The number of ether oxygens (including phenoxy) is 3. The van der Waals surface area contributed by atoms with Crippen molar-refractivity contribution in [3.63, 3.8) is 0 Å². The number of hydrogen-bond donors (Lipinski definition) is 2. The van der Waals surface area contributed by atoms with E-state index in [2.05, 4.69) is 10.1 Å². The Morgan fingerprint density at radius 3 is 2.38 bits per heavy atom. The van der Waals surface area contributed by atoms with E-state index in [1.165, 1.54) is 6.33 Å². The van der Waals surface area contributed by atoms with Crippen LogP contribution in [-0.2, 0) is 33.2 Å². The van der Waals surface area contributed by atoms with E-state index in [1.54, 1.807) is 16.6 Å². The van der Waals surface area contributed by atoms with Gasteiger partial charge >= 0.3 is 0 Å². The monoisotopic (exact) mass is 462 g/mol. The summed E-state index contributed by atoms with van der Waals surface area (Å²) in [7, 11) is 0. The molecule has 3 heterocycles. The minimum absolute atomic E-state index is 0. The summed E-state index contributed by atoms with van der Waals surface area (Å²) in [6, 6.07) is 23.4. The fourth-order valence-corrected chi connectivity index (χ4v) is 4.14. The van der Waals surface area contributed by atoms with Crippen LogP contribution in [0.3, 0.4) is 0 Å². The molecule has 1 aliphatic rings. The highest BCUT2D eigenvalue weighted by atomic mass is 16.7. The third kappa shape index (κ3) is 4.95. The van der Waals surface area contributed by atoms with Crippen LogP contribution in [0.15, 0.2) is 79.1 Å². The molecule has 4 aromatic rings. The molecule has 0 amide bonds. The zero-order valence-corrected chi connectivity index (χ0v) is 18.1. The summed E-state index contributed by atoms with van der Waals surface area (Å²) in [6.45, 7) is 1.13. The molecule has 2 aromatic heterocycles. The Kier molecular flexibility index (Phi) is 7.23. The number of rotatable bonds is 8. The maximum absolute atomic E-state index is 11.5. The number of fused-ring (bicyclic) bond motifs is 1. The van der Waals surface area contributed by atoms with Crippen molar-refractivity contribution in [2.45, 2.75) is 45.1 Å². The topological polar surface area (TPSA) is 104 Å². The van der Waals surface area contributed by atoms with Gasteiger partial charge in [0.1, 0.15) is 23.6 Å². The summed E-state index contributed by atoms with van der Waals surface area (Å²) in [4.78, 5) is 4.01. The maximum atomic E-state index is 11.5. The summed E-state index contributed by atoms with van der Waals surface area (Å²) in [5, 5.41) is 15.8. The molecule has 1 aliphatic heterocycles. The molecular weight excluding hydrogens is 432 g/mol. The molecule has 8 heteroatoms. The summed E-state index contributed by atoms with van der Waals surface area (Å²) in [6.07, 6.45) is 0.742. The van der Waals surface area contributed by atoms with Crippen molar-refractivity contribution in [3.8, 4) is 0 Å². The number of nitrogen functional groups attached to an aromatic ring is 1. The first-order valence-electron chi connectivity index (χ1n) is 10.9. The molecule has 1 saturated heterocycles. The predicted molar refractivity (Wildman–Crippen MR) is 129 cm³/mol. The lowest BCUT2D eigenvalue weighted by Crippen LogP contribution is -2.30. The second-order valence-corrected chi connectivity index (χ2v) is 8.14. The Bertz CT molecular complexity index is 1200. The lowest BCUT2D eigenvalue weighted by Gasteiger charge is -2.22. The van der Waals surface area contributed by atoms with Crippen molar-refractivity contribution in [3.05, 3.63) is 95.9 Å². The second-order valence-electron chi connectivity index (χ2n) is 8.14. The lowest BCUT2D eigenvalue weighted by molar-refractivity contribution is -0.213. The van der Waals surface area contributed by atoms with Crippen LogP contribution in [-0.4, -0.2) is 38.5 Å². The van der Waals surface area contributed by atoms with Crippen LogP contribution < -0.4 is 5.73 Å². The number of aromatic nitrogens is 3. The SMILES string of the molecule is C.Nc1ncnn2c(C3(O)C[C@H](OCc4ccccc4)C(COCc4ccccc4)O3)ccc12. The zero-order chi connectivity index (χ0) is 22.7. The van der Waals surface area contributed by atoms with Gasteiger partial charge in [-0.25, -0.2) is 9.50 Å². The highest BCUT2D eigenvalue weighted by Gasteiger charge is 2.49. The van der Waals surface area contributed by atoms with E-state index < -0.39 is 11.9 Å². The molecule has 0 saturated carbocycles. The molecule has 3 N–H and O–H groups in total. The summed E-state index contributed by atoms with van der Waals surface area (Å²) in [5.41, 5.74) is 9.16. The van der Waals surface area contributed by atoms with Gasteiger partial charge in [-0.1, -0.05) is 68.1 Å². The smallest absolute Gasteiger partial charge is 0.212 e. The average Bonchev–Trinajstić information content (AvgIpc) is 3.42. The first kappa shape index (κ1) is 23.8. The molecule has 0 spiro atoms. The van der Waals surface area contributed by atoms with E-state index in [9.17, 15) is 5.11 Å². The molecule has 2 aromatic carbocycles. The van der Waals surface area contributed by atoms with Gasteiger partial charge in [0.2, 0.25) is 5.79 Å². The quantitative estimate of drug-likeness (QED) is 0.412. The van der Waals surface area contributed by atoms with Crippen LogP contribution in [0.25, 0.3) is 5.52 Å².